The normalized spacial score (nSPS) is 14.9. The SMILES string of the molecule is CC(=O)N1CCN(c2nc(C)cc(C(=O)NCCN(C)C)n2)CC1. The number of aryl methyl sites for hydroxylation is 1. The molecule has 1 N–H and O–H groups in total. The molecule has 1 fully saturated rings. The van der Waals surface area contributed by atoms with Gasteiger partial charge in [0.25, 0.3) is 5.91 Å². The highest BCUT2D eigenvalue weighted by atomic mass is 16.2. The van der Waals surface area contributed by atoms with Crippen molar-refractivity contribution in [2.24, 2.45) is 0 Å². The molecule has 8 heteroatoms. The fourth-order valence-electron chi connectivity index (χ4n) is 2.52. The Morgan fingerprint density at radius 3 is 2.46 bits per heavy atom. The van der Waals surface area contributed by atoms with Gasteiger partial charge in [-0.05, 0) is 27.1 Å². The maximum absolute atomic E-state index is 12.3. The zero-order valence-corrected chi connectivity index (χ0v) is 14.9. The maximum Gasteiger partial charge on any atom is 0.270 e. The van der Waals surface area contributed by atoms with E-state index in [9.17, 15) is 9.59 Å². The van der Waals surface area contributed by atoms with Crippen molar-refractivity contribution in [1.29, 1.82) is 0 Å². The lowest BCUT2D eigenvalue weighted by Crippen LogP contribution is -2.48. The molecule has 1 aromatic rings. The number of likely N-dealkylation sites (N-methyl/N-ethyl adjacent to an activating group) is 1. The molecule has 2 amide bonds. The largest absolute Gasteiger partial charge is 0.349 e. The van der Waals surface area contributed by atoms with Crippen molar-refractivity contribution in [2.75, 3.05) is 58.3 Å². The van der Waals surface area contributed by atoms with Crippen LogP contribution in [0.5, 0.6) is 0 Å². The zero-order chi connectivity index (χ0) is 17.7. The van der Waals surface area contributed by atoms with Gasteiger partial charge in [0.2, 0.25) is 11.9 Å². The van der Waals surface area contributed by atoms with E-state index < -0.39 is 0 Å². The second-order valence-electron chi connectivity index (χ2n) is 6.25. The summed E-state index contributed by atoms with van der Waals surface area (Å²) in [5.41, 5.74) is 1.14. The van der Waals surface area contributed by atoms with E-state index in [1.165, 1.54) is 0 Å². The Kier molecular flexibility index (Phi) is 6.08. The van der Waals surface area contributed by atoms with Crippen LogP contribution in [0.1, 0.15) is 23.1 Å². The molecule has 0 saturated carbocycles. The Bertz CT molecular complexity index is 596. The van der Waals surface area contributed by atoms with Gasteiger partial charge in [0.1, 0.15) is 5.69 Å². The average Bonchev–Trinajstić information content (AvgIpc) is 2.54. The van der Waals surface area contributed by atoms with Gasteiger partial charge in [0, 0.05) is 51.9 Å². The van der Waals surface area contributed by atoms with Crippen LogP contribution in [0.15, 0.2) is 6.07 Å². The molecule has 0 spiro atoms. The fourth-order valence-corrected chi connectivity index (χ4v) is 2.52. The molecule has 8 nitrogen and oxygen atoms in total. The molecule has 2 heterocycles. The summed E-state index contributed by atoms with van der Waals surface area (Å²) >= 11 is 0. The zero-order valence-electron chi connectivity index (χ0n) is 14.9. The standard InChI is InChI=1S/C16H26N6O2/c1-12-11-14(15(24)17-5-6-20(3)4)19-16(18-12)22-9-7-21(8-10-22)13(2)23/h11H,5-10H2,1-4H3,(H,17,24). The van der Waals surface area contributed by atoms with Crippen molar-refractivity contribution in [3.05, 3.63) is 17.5 Å². The topological polar surface area (TPSA) is 81.7 Å². The van der Waals surface area contributed by atoms with Gasteiger partial charge >= 0.3 is 0 Å². The van der Waals surface area contributed by atoms with Crippen LogP contribution in [-0.2, 0) is 4.79 Å². The number of anilines is 1. The van der Waals surface area contributed by atoms with Crippen LogP contribution in [0, 0.1) is 6.92 Å². The molecule has 1 aromatic heterocycles. The van der Waals surface area contributed by atoms with Crippen LogP contribution >= 0.6 is 0 Å². The first-order chi connectivity index (χ1) is 11.4. The van der Waals surface area contributed by atoms with Crippen molar-refractivity contribution in [3.63, 3.8) is 0 Å². The predicted molar refractivity (Wildman–Crippen MR) is 92.1 cm³/mol. The number of aromatic nitrogens is 2. The number of piperazine rings is 1. The molecule has 1 saturated heterocycles. The molecule has 0 bridgehead atoms. The lowest BCUT2D eigenvalue weighted by molar-refractivity contribution is -0.129. The Labute approximate surface area is 142 Å². The summed E-state index contributed by atoms with van der Waals surface area (Å²) in [5.74, 6) is 0.447. The van der Waals surface area contributed by atoms with Crippen molar-refractivity contribution >= 4 is 17.8 Å². The summed E-state index contributed by atoms with van der Waals surface area (Å²) in [5, 5.41) is 2.87. The molecule has 1 aliphatic heterocycles. The van der Waals surface area contributed by atoms with Gasteiger partial charge in [0.05, 0.1) is 0 Å². The molecule has 0 aromatic carbocycles. The van der Waals surface area contributed by atoms with Crippen molar-refractivity contribution in [2.45, 2.75) is 13.8 Å². The summed E-state index contributed by atoms with van der Waals surface area (Å²) < 4.78 is 0. The molecular formula is C16H26N6O2. The van der Waals surface area contributed by atoms with E-state index in [0.717, 1.165) is 12.2 Å². The van der Waals surface area contributed by atoms with Crippen LogP contribution in [-0.4, -0.2) is 84.9 Å². The average molecular weight is 334 g/mol. The van der Waals surface area contributed by atoms with E-state index in [0.29, 0.717) is 44.4 Å². The third-order valence-electron chi connectivity index (χ3n) is 3.93. The van der Waals surface area contributed by atoms with Gasteiger partial charge in [-0.3, -0.25) is 9.59 Å². The lowest BCUT2D eigenvalue weighted by atomic mass is 10.3. The Balaban J connectivity index is 2.03. The summed E-state index contributed by atoms with van der Waals surface area (Å²) in [7, 11) is 3.92. The lowest BCUT2D eigenvalue weighted by Gasteiger charge is -2.34. The molecule has 24 heavy (non-hydrogen) atoms. The van der Waals surface area contributed by atoms with Crippen LogP contribution < -0.4 is 10.2 Å². The third kappa shape index (κ3) is 4.89. The molecule has 132 valence electrons. The van der Waals surface area contributed by atoms with E-state index in [-0.39, 0.29) is 11.8 Å². The van der Waals surface area contributed by atoms with Crippen molar-refractivity contribution < 1.29 is 9.59 Å². The summed E-state index contributed by atoms with van der Waals surface area (Å²) in [6.07, 6.45) is 0. The maximum atomic E-state index is 12.3. The summed E-state index contributed by atoms with van der Waals surface area (Å²) in [4.78, 5) is 38.4. The first-order valence-electron chi connectivity index (χ1n) is 8.16. The second kappa shape index (κ2) is 8.05. The number of hydrogen-bond acceptors (Lipinski definition) is 6. The monoisotopic (exact) mass is 334 g/mol. The van der Waals surface area contributed by atoms with Gasteiger partial charge < -0.3 is 20.0 Å². The van der Waals surface area contributed by atoms with E-state index >= 15 is 0 Å². The Morgan fingerprint density at radius 1 is 1.21 bits per heavy atom. The summed E-state index contributed by atoms with van der Waals surface area (Å²) in [6.45, 7) is 7.42. The summed E-state index contributed by atoms with van der Waals surface area (Å²) in [6, 6.07) is 1.69. The van der Waals surface area contributed by atoms with E-state index in [1.54, 1.807) is 17.9 Å². The van der Waals surface area contributed by atoms with Crippen molar-refractivity contribution in [1.82, 2.24) is 25.1 Å². The number of amides is 2. The van der Waals surface area contributed by atoms with Gasteiger partial charge in [0.15, 0.2) is 0 Å². The smallest absolute Gasteiger partial charge is 0.270 e. The number of carbonyl (C=O) groups is 2. The molecular weight excluding hydrogens is 308 g/mol. The molecule has 0 atom stereocenters. The first-order valence-corrected chi connectivity index (χ1v) is 8.16. The van der Waals surface area contributed by atoms with Crippen LogP contribution in [0.4, 0.5) is 5.95 Å². The second-order valence-corrected chi connectivity index (χ2v) is 6.25. The Morgan fingerprint density at radius 2 is 1.88 bits per heavy atom. The molecule has 2 rings (SSSR count). The van der Waals surface area contributed by atoms with Crippen LogP contribution in [0.2, 0.25) is 0 Å². The van der Waals surface area contributed by atoms with Gasteiger partial charge in [-0.2, -0.15) is 0 Å². The van der Waals surface area contributed by atoms with Crippen molar-refractivity contribution in [3.8, 4) is 0 Å². The molecule has 0 radical (unpaired) electrons. The van der Waals surface area contributed by atoms with Gasteiger partial charge in [-0.15, -0.1) is 0 Å². The number of carbonyl (C=O) groups excluding carboxylic acids is 2. The fraction of sp³-hybridized carbons (Fsp3) is 0.625. The molecule has 0 aliphatic carbocycles. The first kappa shape index (κ1) is 18.1. The minimum absolute atomic E-state index is 0.0840. The van der Waals surface area contributed by atoms with Gasteiger partial charge in [-0.1, -0.05) is 0 Å². The number of hydrogen-bond donors (Lipinski definition) is 1. The van der Waals surface area contributed by atoms with E-state index in [4.69, 9.17) is 0 Å². The predicted octanol–water partition coefficient (Wildman–Crippen LogP) is -0.255. The minimum Gasteiger partial charge on any atom is -0.349 e. The van der Waals surface area contributed by atoms with Crippen LogP contribution in [0.25, 0.3) is 0 Å². The van der Waals surface area contributed by atoms with E-state index in [1.807, 2.05) is 30.8 Å². The number of nitrogens with one attached hydrogen (secondary N) is 1. The van der Waals surface area contributed by atoms with Gasteiger partial charge in [-0.25, -0.2) is 9.97 Å². The highest BCUT2D eigenvalue weighted by Gasteiger charge is 2.21. The highest BCUT2D eigenvalue weighted by molar-refractivity contribution is 5.92. The minimum atomic E-state index is -0.189. The van der Waals surface area contributed by atoms with E-state index in [2.05, 4.69) is 15.3 Å². The number of rotatable bonds is 5. The highest BCUT2D eigenvalue weighted by Crippen LogP contribution is 2.13. The quantitative estimate of drug-likeness (QED) is 0.799. The third-order valence-corrected chi connectivity index (χ3v) is 3.93. The molecule has 1 aliphatic rings. The molecule has 0 unspecified atom stereocenters. The van der Waals surface area contributed by atoms with Crippen LogP contribution in [0.3, 0.4) is 0 Å². The Hall–Kier alpha value is -2.22. The number of nitrogens with zero attached hydrogens (tertiary/aromatic N) is 5.